The van der Waals surface area contributed by atoms with Gasteiger partial charge in [-0.15, -0.1) is 0 Å². The van der Waals surface area contributed by atoms with Crippen molar-refractivity contribution >= 4 is 5.97 Å². The highest BCUT2D eigenvalue weighted by atomic mass is 19.1. The summed E-state index contributed by atoms with van der Waals surface area (Å²) in [4.78, 5) is 19.0. The van der Waals surface area contributed by atoms with Crippen LogP contribution in [0, 0.1) is 5.82 Å². The Kier molecular flexibility index (Phi) is 3.61. The largest absolute Gasteiger partial charge is 0.466 e. The first-order valence-corrected chi connectivity index (χ1v) is 5.29. The Bertz CT molecular complexity index is 539. The minimum Gasteiger partial charge on any atom is -0.466 e. The summed E-state index contributed by atoms with van der Waals surface area (Å²) in [6.45, 7) is 2.00. The molecule has 0 unspecified atom stereocenters. The second kappa shape index (κ2) is 5.35. The molecule has 0 fully saturated rings. The number of pyridine rings is 1. The van der Waals surface area contributed by atoms with Crippen LogP contribution in [0.3, 0.4) is 0 Å². The van der Waals surface area contributed by atoms with E-state index in [2.05, 4.69) is 15.1 Å². The van der Waals surface area contributed by atoms with Gasteiger partial charge in [0.2, 0.25) is 11.7 Å². The van der Waals surface area contributed by atoms with E-state index < -0.39 is 11.8 Å². The summed E-state index contributed by atoms with van der Waals surface area (Å²) in [5, 5.41) is 3.65. The fraction of sp³-hybridized carbons (Fsp3) is 0.273. The van der Waals surface area contributed by atoms with Crippen molar-refractivity contribution in [2.45, 2.75) is 13.3 Å². The second-order valence-corrected chi connectivity index (χ2v) is 3.36. The normalized spacial score (nSPS) is 10.3. The Morgan fingerprint density at radius 1 is 1.50 bits per heavy atom. The van der Waals surface area contributed by atoms with Crippen LogP contribution in [0.4, 0.5) is 4.39 Å². The summed E-state index contributed by atoms with van der Waals surface area (Å²) in [5.41, 5.74) is 0.371. The van der Waals surface area contributed by atoms with Crippen molar-refractivity contribution in [1.29, 1.82) is 0 Å². The fourth-order valence-corrected chi connectivity index (χ4v) is 1.27. The minimum absolute atomic E-state index is 0.0952. The monoisotopic (exact) mass is 251 g/mol. The highest BCUT2D eigenvalue weighted by Crippen LogP contribution is 2.13. The van der Waals surface area contributed by atoms with Crippen LogP contribution >= 0.6 is 0 Å². The van der Waals surface area contributed by atoms with Crippen molar-refractivity contribution < 1.29 is 18.4 Å². The van der Waals surface area contributed by atoms with Crippen LogP contribution in [-0.2, 0) is 16.0 Å². The molecule has 0 aliphatic rings. The van der Waals surface area contributed by atoms with Crippen molar-refractivity contribution in [2.24, 2.45) is 0 Å². The molecule has 0 radical (unpaired) electrons. The summed E-state index contributed by atoms with van der Waals surface area (Å²) >= 11 is 0. The Morgan fingerprint density at radius 3 is 3.00 bits per heavy atom. The molecule has 94 valence electrons. The molecule has 2 rings (SSSR count). The molecule has 18 heavy (non-hydrogen) atoms. The summed E-state index contributed by atoms with van der Waals surface area (Å²) in [6, 6.07) is 2.66. The van der Waals surface area contributed by atoms with E-state index in [9.17, 15) is 9.18 Å². The van der Waals surface area contributed by atoms with E-state index in [0.717, 1.165) is 6.20 Å². The Morgan fingerprint density at radius 2 is 2.33 bits per heavy atom. The maximum Gasteiger partial charge on any atom is 0.315 e. The average molecular weight is 251 g/mol. The molecule has 0 saturated heterocycles. The molecule has 0 bridgehead atoms. The van der Waals surface area contributed by atoms with Crippen molar-refractivity contribution in [3.63, 3.8) is 0 Å². The van der Waals surface area contributed by atoms with Crippen LogP contribution in [-0.4, -0.2) is 27.7 Å². The third-order valence-electron chi connectivity index (χ3n) is 2.03. The van der Waals surface area contributed by atoms with Gasteiger partial charge in [-0.2, -0.15) is 4.98 Å². The number of halogens is 1. The molecule has 0 aromatic carbocycles. The predicted octanol–water partition coefficient (Wildman–Crippen LogP) is 1.38. The maximum atomic E-state index is 12.7. The van der Waals surface area contributed by atoms with Gasteiger partial charge in [0.15, 0.2) is 0 Å². The lowest BCUT2D eigenvalue weighted by molar-refractivity contribution is -0.142. The van der Waals surface area contributed by atoms with Crippen LogP contribution in [0.2, 0.25) is 0 Å². The minimum atomic E-state index is -0.450. The van der Waals surface area contributed by atoms with Gasteiger partial charge in [0, 0.05) is 0 Å². The van der Waals surface area contributed by atoms with E-state index in [0.29, 0.717) is 12.3 Å². The van der Waals surface area contributed by atoms with E-state index in [-0.39, 0.29) is 18.1 Å². The molecule has 0 aliphatic carbocycles. The number of nitrogens with zero attached hydrogens (tertiary/aromatic N) is 3. The zero-order chi connectivity index (χ0) is 13.0. The molecule has 0 N–H and O–H groups in total. The average Bonchev–Trinajstić information content (AvgIpc) is 2.78. The summed E-state index contributed by atoms with van der Waals surface area (Å²) < 4.78 is 22.3. The van der Waals surface area contributed by atoms with E-state index in [4.69, 9.17) is 9.26 Å². The van der Waals surface area contributed by atoms with Crippen LogP contribution in [0.15, 0.2) is 22.9 Å². The van der Waals surface area contributed by atoms with Crippen molar-refractivity contribution in [2.75, 3.05) is 6.61 Å². The summed E-state index contributed by atoms with van der Waals surface area (Å²) in [5.74, 6) is -0.558. The number of carbonyl (C=O) groups is 1. The number of hydrogen-bond donors (Lipinski definition) is 0. The molecular weight excluding hydrogens is 241 g/mol. The Labute approximate surface area is 102 Å². The standard InChI is InChI=1S/C11H10FN3O3/c1-2-17-10(16)5-9-14-11(15-18-9)8-4-3-7(12)6-13-8/h3-4,6H,2,5H2,1H3. The fourth-order valence-electron chi connectivity index (χ4n) is 1.27. The van der Waals surface area contributed by atoms with Crippen LogP contribution in [0.1, 0.15) is 12.8 Å². The van der Waals surface area contributed by atoms with Crippen LogP contribution in [0.5, 0.6) is 0 Å². The molecule has 2 heterocycles. The van der Waals surface area contributed by atoms with Gasteiger partial charge in [0.1, 0.15) is 17.9 Å². The summed E-state index contributed by atoms with van der Waals surface area (Å²) in [6.07, 6.45) is 0.957. The smallest absolute Gasteiger partial charge is 0.315 e. The molecule has 2 aromatic rings. The number of rotatable bonds is 4. The van der Waals surface area contributed by atoms with E-state index in [1.54, 1.807) is 6.92 Å². The molecule has 6 nitrogen and oxygen atoms in total. The molecule has 0 atom stereocenters. The quantitative estimate of drug-likeness (QED) is 0.764. The second-order valence-electron chi connectivity index (χ2n) is 3.36. The molecule has 2 aromatic heterocycles. The van der Waals surface area contributed by atoms with Crippen molar-refractivity contribution in [3.05, 3.63) is 30.0 Å². The first-order chi connectivity index (χ1) is 8.69. The van der Waals surface area contributed by atoms with Gasteiger partial charge in [-0.25, -0.2) is 9.37 Å². The van der Waals surface area contributed by atoms with Gasteiger partial charge in [0.25, 0.3) is 0 Å². The van der Waals surface area contributed by atoms with E-state index in [1.807, 2.05) is 0 Å². The van der Waals surface area contributed by atoms with E-state index in [1.165, 1.54) is 12.1 Å². The molecule has 0 saturated carbocycles. The van der Waals surface area contributed by atoms with Crippen LogP contribution < -0.4 is 0 Å². The number of esters is 1. The third-order valence-corrected chi connectivity index (χ3v) is 2.03. The summed E-state index contributed by atoms with van der Waals surface area (Å²) in [7, 11) is 0. The lowest BCUT2D eigenvalue weighted by atomic mass is 10.3. The highest BCUT2D eigenvalue weighted by Gasteiger charge is 2.13. The first-order valence-electron chi connectivity index (χ1n) is 5.29. The number of ether oxygens (including phenoxy) is 1. The third kappa shape index (κ3) is 2.88. The SMILES string of the molecule is CCOC(=O)Cc1nc(-c2ccc(F)cn2)no1. The topological polar surface area (TPSA) is 78.1 Å². The van der Waals surface area contributed by atoms with Crippen LogP contribution in [0.25, 0.3) is 11.5 Å². The maximum absolute atomic E-state index is 12.7. The van der Waals surface area contributed by atoms with Gasteiger partial charge in [-0.3, -0.25) is 4.79 Å². The molecule has 0 amide bonds. The number of hydrogen-bond acceptors (Lipinski definition) is 6. The number of aromatic nitrogens is 3. The van der Waals surface area contributed by atoms with Gasteiger partial charge in [-0.1, -0.05) is 5.16 Å². The Balaban J connectivity index is 2.10. The zero-order valence-electron chi connectivity index (χ0n) is 9.59. The lowest BCUT2D eigenvalue weighted by Gasteiger charge is -1.96. The predicted molar refractivity (Wildman–Crippen MR) is 57.8 cm³/mol. The highest BCUT2D eigenvalue weighted by molar-refractivity contribution is 5.71. The van der Waals surface area contributed by atoms with Gasteiger partial charge >= 0.3 is 5.97 Å². The number of carbonyl (C=O) groups excluding carboxylic acids is 1. The zero-order valence-corrected chi connectivity index (χ0v) is 9.59. The molecule has 0 aliphatic heterocycles. The van der Waals surface area contributed by atoms with Crippen molar-refractivity contribution in [3.8, 4) is 11.5 Å². The van der Waals surface area contributed by atoms with Gasteiger partial charge in [-0.05, 0) is 19.1 Å². The molecule has 7 heteroatoms. The van der Waals surface area contributed by atoms with Gasteiger partial charge in [0.05, 0.1) is 12.8 Å². The molecule has 0 spiro atoms. The van der Waals surface area contributed by atoms with E-state index >= 15 is 0 Å². The first kappa shape index (κ1) is 12.2. The molecular formula is C11H10FN3O3. The van der Waals surface area contributed by atoms with Crippen molar-refractivity contribution in [1.82, 2.24) is 15.1 Å². The Hall–Kier alpha value is -2.31. The lowest BCUT2D eigenvalue weighted by Crippen LogP contribution is -2.07. The van der Waals surface area contributed by atoms with Gasteiger partial charge < -0.3 is 9.26 Å².